The standard InChI is InChI=1S/C16H26NOP/c1-12-7-9-14(10-8-12)11-17-19(18)15(3,4)13(2)16(19,5)6/h7-10,13H,11H2,1-6H3,(H,17,18). The van der Waals surface area contributed by atoms with E-state index in [1.807, 2.05) is 0 Å². The van der Waals surface area contributed by atoms with Gasteiger partial charge in [-0.05, 0) is 18.4 Å². The van der Waals surface area contributed by atoms with Crippen LogP contribution < -0.4 is 5.09 Å². The Bertz CT molecular complexity index is 496. The fourth-order valence-corrected chi connectivity index (χ4v) is 7.64. The number of benzene rings is 1. The van der Waals surface area contributed by atoms with Gasteiger partial charge in [-0.3, -0.25) is 5.09 Å². The van der Waals surface area contributed by atoms with Crippen LogP contribution >= 0.6 is 7.29 Å². The number of hydrogen-bond acceptors (Lipinski definition) is 1. The molecule has 0 atom stereocenters. The van der Waals surface area contributed by atoms with Crippen molar-refractivity contribution >= 4 is 7.29 Å². The van der Waals surface area contributed by atoms with Gasteiger partial charge in [-0.15, -0.1) is 0 Å². The first kappa shape index (κ1) is 14.8. The van der Waals surface area contributed by atoms with Gasteiger partial charge in [0.15, 0.2) is 7.29 Å². The SMILES string of the molecule is Cc1ccc(CNP2(=O)C(C)(C)C(C)C2(C)C)cc1. The molecule has 3 heteroatoms. The molecule has 0 spiro atoms. The monoisotopic (exact) mass is 279 g/mol. The molecule has 1 N–H and O–H groups in total. The van der Waals surface area contributed by atoms with Gasteiger partial charge in [-0.1, -0.05) is 64.4 Å². The zero-order valence-electron chi connectivity index (χ0n) is 12.9. The molecule has 0 aliphatic carbocycles. The number of nitrogens with one attached hydrogen (secondary N) is 1. The zero-order chi connectivity index (χ0) is 14.5. The lowest BCUT2D eigenvalue weighted by Gasteiger charge is -2.62. The lowest BCUT2D eigenvalue weighted by Crippen LogP contribution is -2.60. The van der Waals surface area contributed by atoms with Gasteiger partial charge in [-0.2, -0.15) is 0 Å². The summed E-state index contributed by atoms with van der Waals surface area (Å²) >= 11 is 0. The minimum Gasteiger partial charge on any atom is -0.306 e. The van der Waals surface area contributed by atoms with E-state index in [9.17, 15) is 4.57 Å². The fourth-order valence-electron chi connectivity index (χ4n) is 3.40. The van der Waals surface area contributed by atoms with Crippen LogP contribution in [0.3, 0.4) is 0 Å². The summed E-state index contributed by atoms with van der Waals surface area (Å²) in [6.45, 7) is 13.5. The Hall–Kier alpha value is -0.590. The molecule has 1 aromatic carbocycles. The molecule has 1 saturated heterocycles. The highest BCUT2D eigenvalue weighted by molar-refractivity contribution is 7.66. The van der Waals surface area contributed by atoms with Crippen molar-refractivity contribution in [2.45, 2.75) is 58.4 Å². The fraction of sp³-hybridized carbons (Fsp3) is 0.625. The maximum Gasteiger partial charge on any atom is 0.159 e. The van der Waals surface area contributed by atoms with Gasteiger partial charge >= 0.3 is 0 Å². The molecule has 0 amide bonds. The highest BCUT2D eigenvalue weighted by Gasteiger charge is 2.67. The third kappa shape index (κ3) is 2.00. The Morgan fingerprint density at radius 1 is 1.11 bits per heavy atom. The molecule has 0 saturated carbocycles. The highest BCUT2D eigenvalue weighted by Crippen LogP contribution is 2.79. The van der Waals surface area contributed by atoms with E-state index in [1.165, 1.54) is 11.1 Å². The van der Waals surface area contributed by atoms with Crippen molar-refractivity contribution in [3.8, 4) is 0 Å². The lowest BCUT2D eigenvalue weighted by atomic mass is 9.83. The Labute approximate surface area is 117 Å². The van der Waals surface area contributed by atoms with Gasteiger partial charge in [-0.25, -0.2) is 0 Å². The van der Waals surface area contributed by atoms with Crippen molar-refractivity contribution in [1.82, 2.24) is 5.09 Å². The first-order chi connectivity index (χ1) is 8.63. The molecule has 0 unspecified atom stereocenters. The molecule has 1 fully saturated rings. The molecule has 0 bridgehead atoms. The largest absolute Gasteiger partial charge is 0.306 e. The molecule has 2 nitrogen and oxygen atoms in total. The maximum atomic E-state index is 13.3. The van der Waals surface area contributed by atoms with Crippen LogP contribution in [0.1, 0.15) is 45.7 Å². The molecule has 2 rings (SSSR count). The molecule has 1 heterocycles. The van der Waals surface area contributed by atoms with E-state index in [4.69, 9.17) is 0 Å². The molecule has 1 aliphatic rings. The van der Waals surface area contributed by atoms with E-state index in [1.54, 1.807) is 0 Å². The molecule has 1 aliphatic heterocycles. The predicted molar refractivity (Wildman–Crippen MR) is 82.9 cm³/mol. The Morgan fingerprint density at radius 2 is 1.58 bits per heavy atom. The number of hydrogen-bond donors (Lipinski definition) is 1. The Balaban J connectivity index is 2.15. The van der Waals surface area contributed by atoms with Crippen LogP contribution in [0.25, 0.3) is 0 Å². The summed E-state index contributed by atoms with van der Waals surface area (Å²) < 4.78 is 13.3. The summed E-state index contributed by atoms with van der Waals surface area (Å²) in [4.78, 5) is 0. The maximum absolute atomic E-state index is 13.3. The van der Waals surface area contributed by atoms with Gasteiger partial charge in [0, 0.05) is 16.9 Å². The van der Waals surface area contributed by atoms with E-state index < -0.39 is 7.29 Å². The Kier molecular flexibility index (Phi) is 3.48. The zero-order valence-corrected chi connectivity index (χ0v) is 13.8. The summed E-state index contributed by atoms with van der Waals surface area (Å²) in [5, 5.41) is 3.18. The van der Waals surface area contributed by atoms with Gasteiger partial charge in [0.25, 0.3) is 0 Å². The van der Waals surface area contributed by atoms with Crippen LogP contribution in [0.5, 0.6) is 0 Å². The van der Waals surface area contributed by atoms with Gasteiger partial charge < -0.3 is 4.57 Å². The van der Waals surface area contributed by atoms with Crippen molar-refractivity contribution < 1.29 is 4.57 Å². The quantitative estimate of drug-likeness (QED) is 0.821. The van der Waals surface area contributed by atoms with Gasteiger partial charge in [0.2, 0.25) is 0 Å². The molecule has 0 radical (unpaired) electrons. The summed E-state index contributed by atoms with van der Waals surface area (Å²) in [6.07, 6.45) is 0. The second kappa shape index (κ2) is 4.46. The predicted octanol–water partition coefficient (Wildman–Crippen LogP) is 4.57. The van der Waals surface area contributed by atoms with Crippen molar-refractivity contribution in [2.24, 2.45) is 5.92 Å². The number of aryl methyl sites for hydroxylation is 1. The lowest BCUT2D eigenvalue weighted by molar-refractivity contribution is 0.262. The first-order valence-corrected chi connectivity index (χ1v) is 8.74. The molecular formula is C16H26NOP. The third-order valence-electron chi connectivity index (χ3n) is 5.37. The van der Waals surface area contributed by atoms with E-state index in [0.29, 0.717) is 12.5 Å². The van der Waals surface area contributed by atoms with Crippen LogP contribution in [0.2, 0.25) is 0 Å². The van der Waals surface area contributed by atoms with Crippen LogP contribution in [-0.4, -0.2) is 10.3 Å². The van der Waals surface area contributed by atoms with E-state index in [0.717, 1.165) is 0 Å². The first-order valence-electron chi connectivity index (χ1n) is 7.04. The molecule has 19 heavy (non-hydrogen) atoms. The van der Waals surface area contributed by atoms with Crippen LogP contribution in [-0.2, 0) is 11.1 Å². The minimum atomic E-state index is -2.38. The molecule has 106 valence electrons. The van der Waals surface area contributed by atoms with Gasteiger partial charge in [0.1, 0.15) is 0 Å². The second-order valence-electron chi connectivity index (χ2n) is 6.96. The van der Waals surface area contributed by atoms with Crippen molar-refractivity contribution in [3.05, 3.63) is 35.4 Å². The van der Waals surface area contributed by atoms with Crippen LogP contribution in [0, 0.1) is 12.8 Å². The molecule has 1 aromatic rings. The van der Waals surface area contributed by atoms with E-state index in [2.05, 4.69) is 70.9 Å². The third-order valence-corrected chi connectivity index (χ3v) is 9.99. The normalized spacial score (nSPS) is 31.8. The smallest absolute Gasteiger partial charge is 0.159 e. The minimum absolute atomic E-state index is 0.110. The average Bonchev–Trinajstić information content (AvgIpc) is 2.36. The Morgan fingerprint density at radius 3 is 2.05 bits per heavy atom. The average molecular weight is 279 g/mol. The second-order valence-corrected chi connectivity index (χ2v) is 10.8. The topological polar surface area (TPSA) is 29.1 Å². The van der Waals surface area contributed by atoms with Crippen LogP contribution in [0.15, 0.2) is 24.3 Å². The van der Waals surface area contributed by atoms with Crippen LogP contribution in [0.4, 0.5) is 0 Å². The highest BCUT2D eigenvalue weighted by atomic mass is 31.2. The van der Waals surface area contributed by atoms with Gasteiger partial charge in [0.05, 0.1) is 0 Å². The van der Waals surface area contributed by atoms with Crippen molar-refractivity contribution in [3.63, 3.8) is 0 Å². The summed E-state index contributed by atoms with van der Waals surface area (Å²) in [5.74, 6) is 0.469. The van der Waals surface area contributed by atoms with E-state index >= 15 is 0 Å². The molecule has 0 aromatic heterocycles. The number of rotatable bonds is 3. The molecular weight excluding hydrogens is 253 g/mol. The summed E-state index contributed by atoms with van der Waals surface area (Å²) in [7, 11) is -2.38. The van der Waals surface area contributed by atoms with Crippen molar-refractivity contribution in [2.75, 3.05) is 0 Å². The summed E-state index contributed by atoms with van der Waals surface area (Å²) in [5.41, 5.74) is 2.46. The van der Waals surface area contributed by atoms with Crippen molar-refractivity contribution in [1.29, 1.82) is 0 Å². The summed E-state index contributed by atoms with van der Waals surface area (Å²) in [6, 6.07) is 8.43. The van der Waals surface area contributed by atoms with E-state index in [-0.39, 0.29) is 10.3 Å².